The molecule has 1 fully saturated rings. The van der Waals surface area contributed by atoms with E-state index in [1.165, 1.54) is 6.42 Å². The fraction of sp³-hybridized carbons (Fsp3) is 0.647. The quantitative estimate of drug-likeness (QED) is 0.924. The molecule has 0 spiro atoms. The molecule has 1 aliphatic rings. The lowest BCUT2D eigenvalue weighted by Crippen LogP contribution is -2.32. The fourth-order valence-electron chi connectivity index (χ4n) is 2.98. The molecule has 0 radical (unpaired) electrons. The van der Waals surface area contributed by atoms with E-state index in [9.17, 15) is 4.79 Å². The van der Waals surface area contributed by atoms with Gasteiger partial charge < -0.3 is 10.2 Å². The first kappa shape index (κ1) is 15.8. The van der Waals surface area contributed by atoms with Crippen molar-refractivity contribution in [3.8, 4) is 0 Å². The molecular formula is C17H27N3O. The molecule has 1 aromatic heterocycles. The van der Waals surface area contributed by atoms with Crippen LogP contribution in [0.15, 0.2) is 18.3 Å². The molecular weight excluding hydrogens is 262 g/mol. The SMILES string of the molecule is CCNc1ccc(C(=O)N2CCCC(C(C)C)CC2)cn1. The summed E-state index contributed by atoms with van der Waals surface area (Å²) in [6.07, 6.45) is 5.15. The molecule has 2 heterocycles. The number of anilines is 1. The van der Waals surface area contributed by atoms with Gasteiger partial charge in [0.1, 0.15) is 5.82 Å². The number of hydrogen-bond acceptors (Lipinski definition) is 3. The van der Waals surface area contributed by atoms with Crippen molar-refractivity contribution in [2.75, 3.05) is 25.0 Å². The second-order valence-electron chi connectivity index (χ2n) is 6.19. The van der Waals surface area contributed by atoms with E-state index < -0.39 is 0 Å². The van der Waals surface area contributed by atoms with Crippen LogP contribution in [0.2, 0.25) is 0 Å². The van der Waals surface area contributed by atoms with Crippen LogP contribution >= 0.6 is 0 Å². The average Bonchev–Trinajstić information content (AvgIpc) is 2.73. The highest BCUT2D eigenvalue weighted by Gasteiger charge is 2.23. The highest BCUT2D eigenvalue weighted by atomic mass is 16.2. The second-order valence-corrected chi connectivity index (χ2v) is 6.19. The van der Waals surface area contributed by atoms with Crippen molar-refractivity contribution in [1.29, 1.82) is 0 Å². The molecule has 1 saturated heterocycles. The topological polar surface area (TPSA) is 45.2 Å². The third kappa shape index (κ3) is 4.19. The van der Waals surface area contributed by atoms with Crippen LogP contribution in [-0.4, -0.2) is 35.4 Å². The zero-order chi connectivity index (χ0) is 15.2. The van der Waals surface area contributed by atoms with Crippen LogP contribution in [0, 0.1) is 11.8 Å². The first-order chi connectivity index (χ1) is 10.1. The Morgan fingerprint density at radius 1 is 1.38 bits per heavy atom. The molecule has 1 aromatic rings. The van der Waals surface area contributed by atoms with Gasteiger partial charge in [-0.05, 0) is 50.2 Å². The Labute approximate surface area is 127 Å². The molecule has 21 heavy (non-hydrogen) atoms. The van der Waals surface area contributed by atoms with E-state index in [1.807, 2.05) is 24.0 Å². The van der Waals surface area contributed by atoms with Gasteiger partial charge in [0.25, 0.3) is 5.91 Å². The van der Waals surface area contributed by atoms with Gasteiger partial charge in [0.15, 0.2) is 0 Å². The normalized spacial score (nSPS) is 19.4. The van der Waals surface area contributed by atoms with Crippen LogP contribution < -0.4 is 5.32 Å². The number of nitrogens with zero attached hydrogens (tertiary/aromatic N) is 2. The molecule has 0 aliphatic carbocycles. The summed E-state index contributed by atoms with van der Waals surface area (Å²) in [7, 11) is 0. The Balaban J connectivity index is 1.99. The van der Waals surface area contributed by atoms with E-state index in [-0.39, 0.29) is 5.91 Å². The molecule has 0 aromatic carbocycles. The molecule has 0 bridgehead atoms. The Morgan fingerprint density at radius 2 is 2.19 bits per heavy atom. The third-order valence-electron chi connectivity index (χ3n) is 4.37. The largest absolute Gasteiger partial charge is 0.370 e. The molecule has 116 valence electrons. The number of amides is 1. The van der Waals surface area contributed by atoms with Gasteiger partial charge in [-0.1, -0.05) is 13.8 Å². The lowest BCUT2D eigenvalue weighted by molar-refractivity contribution is 0.0758. The maximum Gasteiger partial charge on any atom is 0.255 e. The van der Waals surface area contributed by atoms with Gasteiger partial charge >= 0.3 is 0 Å². The van der Waals surface area contributed by atoms with E-state index in [0.717, 1.165) is 44.2 Å². The number of hydrogen-bond donors (Lipinski definition) is 1. The van der Waals surface area contributed by atoms with Gasteiger partial charge in [-0.2, -0.15) is 0 Å². The molecule has 2 rings (SSSR count). The molecule has 0 saturated carbocycles. The zero-order valence-electron chi connectivity index (χ0n) is 13.4. The maximum absolute atomic E-state index is 12.6. The fourth-order valence-corrected chi connectivity index (χ4v) is 2.98. The lowest BCUT2D eigenvalue weighted by Gasteiger charge is -2.21. The Bertz CT molecular complexity index is 456. The van der Waals surface area contributed by atoms with Crippen LogP contribution in [0.3, 0.4) is 0 Å². The highest BCUT2D eigenvalue weighted by molar-refractivity contribution is 5.94. The summed E-state index contributed by atoms with van der Waals surface area (Å²) in [5.74, 6) is 2.40. The Morgan fingerprint density at radius 3 is 2.81 bits per heavy atom. The van der Waals surface area contributed by atoms with Gasteiger partial charge in [0, 0.05) is 25.8 Å². The van der Waals surface area contributed by atoms with Crippen LogP contribution in [-0.2, 0) is 0 Å². The lowest BCUT2D eigenvalue weighted by atomic mass is 9.89. The Kier molecular flexibility index (Phi) is 5.59. The smallest absolute Gasteiger partial charge is 0.255 e. The van der Waals surface area contributed by atoms with Crippen molar-refractivity contribution in [2.24, 2.45) is 11.8 Å². The van der Waals surface area contributed by atoms with Gasteiger partial charge in [-0.15, -0.1) is 0 Å². The minimum absolute atomic E-state index is 0.120. The van der Waals surface area contributed by atoms with Gasteiger partial charge in [-0.3, -0.25) is 4.79 Å². The zero-order valence-corrected chi connectivity index (χ0v) is 13.4. The Hall–Kier alpha value is -1.58. The number of nitrogens with one attached hydrogen (secondary N) is 1. The maximum atomic E-state index is 12.6. The van der Waals surface area contributed by atoms with Gasteiger partial charge in [0.05, 0.1) is 5.56 Å². The molecule has 1 amide bonds. The number of carbonyl (C=O) groups is 1. The van der Waals surface area contributed by atoms with E-state index in [0.29, 0.717) is 11.5 Å². The predicted molar refractivity (Wildman–Crippen MR) is 86.5 cm³/mol. The van der Waals surface area contributed by atoms with Crippen LogP contribution in [0.1, 0.15) is 50.4 Å². The number of likely N-dealkylation sites (tertiary alicyclic amines) is 1. The van der Waals surface area contributed by atoms with Gasteiger partial charge in [-0.25, -0.2) is 4.98 Å². The van der Waals surface area contributed by atoms with Gasteiger partial charge in [0.2, 0.25) is 0 Å². The summed E-state index contributed by atoms with van der Waals surface area (Å²) in [4.78, 5) is 18.8. The molecule has 1 atom stereocenters. The van der Waals surface area contributed by atoms with E-state index in [4.69, 9.17) is 0 Å². The minimum Gasteiger partial charge on any atom is -0.370 e. The van der Waals surface area contributed by atoms with Crippen molar-refractivity contribution in [3.05, 3.63) is 23.9 Å². The van der Waals surface area contributed by atoms with Crippen LogP contribution in [0.25, 0.3) is 0 Å². The van der Waals surface area contributed by atoms with E-state index >= 15 is 0 Å². The summed E-state index contributed by atoms with van der Waals surface area (Å²) < 4.78 is 0. The van der Waals surface area contributed by atoms with Crippen molar-refractivity contribution >= 4 is 11.7 Å². The highest BCUT2D eigenvalue weighted by Crippen LogP contribution is 2.25. The first-order valence-electron chi connectivity index (χ1n) is 8.11. The molecule has 1 N–H and O–H groups in total. The number of carbonyl (C=O) groups excluding carboxylic acids is 1. The minimum atomic E-state index is 0.120. The van der Waals surface area contributed by atoms with Crippen molar-refractivity contribution in [3.63, 3.8) is 0 Å². The first-order valence-corrected chi connectivity index (χ1v) is 8.11. The predicted octanol–water partition coefficient (Wildman–Crippen LogP) is 3.41. The van der Waals surface area contributed by atoms with Crippen LogP contribution in [0.4, 0.5) is 5.82 Å². The monoisotopic (exact) mass is 289 g/mol. The summed E-state index contributed by atoms with van der Waals surface area (Å²) in [6, 6.07) is 3.75. The molecule has 4 nitrogen and oxygen atoms in total. The summed E-state index contributed by atoms with van der Waals surface area (Å²) in [5, 5.41) is 3.15. The molecule has 1 aliphatic heterocycles. The molecule has 4 heteroatoms. The molecule has 1 unspecified atom stereocenters. The van der Waals surface area contributed by atoms with E-state index in [2.05, 4.69) is 24.1 Å². The van der Waals surface area contributed by atoms with Crippen LogP contribution in [0.5, 0.6) is 0 Å². The number of pyridine rings is 1. The van der Waals surface area contributed by atoms with E-state index in [1.54, 1.807) is 6.20 Å². The average molecular weight is 289 g/mol. The third-order valence-corrected chi connectivity index (χ3v) is 4.37. The summed E-state index contributed by atoms with van der Waals surface area (Å²) in [6.45, 7) is 9.18. The number of aromatic nitrogens is 1. The summed E-state index contributed by atoms with van der Waals surface area (Å²) in [5.41, 5.74) is 0.694. The van der Waals surface area contributed by atoms with Crippen molar-refractivity contribution in [2.45, 2.75) is 40.0 Å². The van der Waals surface area contributed by atoms with Crippen molar-refractivity contribution < 1.29 is 4.79 Å². The van der Waals surface area contributed by atoms with Crippen molar-refractivity contribution in [1.82, 2.24) is 9.88 Å². The standard InChI is InChI=1S/C17H27N3O/c1-4-18-16-8-7-15(12-19-16)17(21)20-10-5-6-14(9-11-20)13(2)3/h7-8,12-14H,4-6,9-11H2,1-3H3,(H,18,19). The number of rotatable bonds is 4. The summed E-state index contributed by atoms with van der Waals surface area (Å²) >= 11 is 0. The second kappa shape index (κ2) is 7.43.